The number of hydrogen-bond acceptors (Lipinski definition) is 4. The maximum absolute atomic E-state index is 12.4. The van der Waals surface area contributed by atoms with Crippen LogP contribution in [0, 0.1) is 12.3 Å². The minimum Gasteiger partial charge on any atom is -0.346 e. The molecule has 0 radical (unpaired) electrons. The van der Waals surface area contributed by atoms with Gasteiger partial charge in [0.25, 0.3) is 11.5 Å². The highest BCUT2D eigenvalue weighted by Gasteiger charge is 2.12. The van der Waals surface area contributed by atoms with Crippen LogP contribution in [-0.4, -0.2) is 21.6 Å². The maximum Gasteiger partial charge on any atom is 0.275 e. The van der Waals surface area contributed by atoms with Crippen LogP contribution in [0.2, 0.25) is 0 Å². The van der Waals surface area contributed by atoms with Gasteiger partial charge in [-0.3, -0.25) is 14.4 Å². The highest BCUT2D eigenvalue weighted by Crippen LogP contribution is 2.14. The fourth-order valence-electron chi connectivity index (χ4n) is 2.80. The van der Waals surface area contributed by atoms with Crippen LogP contribution in [0.3, 0.4) is 0 Å². The third kappa shape index (κ3) is 4.07. The summed E-state index contributed by atoms with van der Waals surface area (Å²) in [7, 11) is 0. The molecule has 0 bridgehead atoms. The van der Waals surface area contributed by atoms with Gasteiger partial charge in [0.2, 0.25) is 5.91 Å². The fourth-order valence-corrected chi connectivity index (χ4v) is 2.80. The lowest BCUT2D eigenvalue weighted by molar-refractivity contribution is -0.114. The molecule has 0 spiro atoms. The Labute approximate surface area is 161 Å². The molecule has 2 aromatic carbocycles. The van der Waals surface area contributed by atoms with Crippen molar-refractivity contribution in [3.05, 3.63) is 70.1 Å². The second-order valence-electron chi connectivity index (χ2n) is 6.10. The Balaban J connectivity index is 1.82. The number of nitrogens with one attached hydrogen (secondary N) is 2. The van der Waals surface area contributed by atoms with Crippen molar-refractivity contribution in [3.63, 3.8) is 0 Å². The van der Waals surface area contributed by atoms with Gasteiger partial charge in [-0.05, 0) is 30.3 Å². The number of anilines is 1. The van der Waals surface area contributed by atoms with Crippen LogP contribution >= 0.6 is 0 Å². The molecule has 0 atom stereocenters. The highest BCUT2D eigenvalue weighted by atomic mass is 16.2. The number of carbonyl (C=O) groups excluding carboxylic acids is 2. The van der Waals surface area contributed by atoms with Crippen molar-refractivity contribution in [1.29, 1.82) is 0 Å². The van der Waals surface area contributed by atoms with Gasteiger partial charge in [0.05, 0.1) is 17.6 Å². The zero-order valence-electron chi connectivity index (χ0n) is 15.2. The third-order valence-electron chi connectivity index (χ3n) is 4.07. The average molecular weight is 374 g/mol. The normalized spacial score (nSPS) is 10.3. The van der Waals surface area contributed by atoms with E-state index in [9.17, 15) is 14.4 Å². The Bertz CT molecular complexity index is 1140. The summed E-state index contributed by atoms with van der Waals surface area (Å²) in [5.74, 6) is 1.93. The second kappa shape index (κ2) is 8.18. The van der Waals surface area contributed by atoms with Crippen molar-refractivity contribution in [2.75, 3.05) is 5.32 Å². The number of carbonyl (C=O) groups is 2. The first-order valence-corrected chi connectivity index (χ1v) is 8.57. The van der Waals surface area contributed by atoms with Crippen molar-refractivity contribution in [2.24, 2.45) is 0 Å². The van der Waals surface area contributed by atoms with Crippen LogP contribution in [0.4, 0.5) is 5.69 Å². The predicted octanol–water partition coefficient (Wildman–Crippen LogP) is 1.92. The first-order chi connectivity index (χ1) is 13.5. The molecule has 0 fully saturated rings. The van der Waals surface area contributed by atoms with Crippen LogP contribution in [-0.2, 0) is 17.9 Å². The molecule has 7 nitrogen and oxygen atoms in total. The number of fused-ring (bicyclic) bond motifs is 1. The maximum atomic E-state index is 12.4. The Kier molecular flexibility index (Phi) is 5.51. The molecule has 1 aromatic heterocycles. The van der Waals surface area contributed by atoms with E-state index < -0.39 is 0 Å². The zero-order chi connectivity index (χ0) is 20.1. The van der Waals surface area contributed by atoms with Crippen LogP contribution in [0.5, 0.6) is 0 Å². The molecule has 0 unspecified atom stereocenters. The molecule has 140 valence electrons. The van der Waals surface area contributed by atoms with E-state index in [1.165, 1.54) is 11.6 Å². The van der Waals surface area contributed by atoms with Gasteiger partial charge in [-0.25, -0.2) is 4.68 Å². The van der Waals surface area contributed by atoms with Crippen LogP contribution in [0.1, 0.15) is 23.0 Å². The molecule has 2 amide bonds. The zero-order valence-corrected chi connectivity index (χ0v) is 15.2. The van der Waals surface area contributed by atoms with E-state index in [0.717, 1.165) is 0 Å². The van der Waals surface area contributed by atoms with Crippen LogP contribution < -0.4 is 16.2 Å². The third-order valence-corrected chi connectivity index (χ3v) is 4.07. The first-order valence-electron chi connectivity index (χ1n) is 8.57. The molecule has 0 saturated heterocycles. The Hall–Kier alpha value is -3.92. The quantitative estimate of drug-likeness (QED) is 0.667. The summed E-state index contributed by atoms with van der Waals surface area (Å²) in [5, 5.41) is 10.9. The highest BCUT2D eigenvalue weighted by molar-refractivity contribution is 5.95. The lowest BCUT2D eigenvalue weighted by Crippen LogP contribution is -2.28. The summed E-state index contributed by atoms with van der Waals surface area (Å²) in [4.78, 5) is 35.9. The summed E-state index contributed by atoms with van der Waals surface area (Å²) in [6.07, 6.45) is 5.32. The number of hydrogen-bond donors (Lipinski definition) is 2. The predicted molar refractivity (Wildman–Crippen MR) is 107 cm³/mol. The van der Waals surface area contributed by atoms with Crippen molar-refractivity contribution in [1.82, 2.24) is 15.1 Å². The van der Waals surface area contributed by atoms with Gasteiger partial charge in [-0.2, -0.15) is 5.10 Å². The molecule has 0 aliphatic rings. The standard InChI is InChI=1S/C21H18N4O3/c1-3-12-25-21(28)18-7-5-4-6-17(18)19(24-25)13-22-20(27)15-8-10-16(11-9-15)23-14(2)26/h1,4-11H,12-13H2,2H3,(H,22,27)(H,23,26). The van der Waals surface area contributed by atoms with Crippen molar-refractivity contribution >= 4 is 28.3 Å². The van der Waals surface area contributed by atoms with E-state index in [1.54, 1.807) is 48.5 Å². The fraction of sp³-hybridized carbons (Fsp3) is 0.143. The minimum atomic E-state index is -0.296. The molecule has 0 saturated carbocycles. The minimum absolute atomic E-state index is 0.0508. The molecule has 0 aliphatic carbocycles. The SMILES string of the molecule is C#CCn1nc(CNC(=O)c2ccc(NC(C)=O)cc2)c2ccccc2c1=O. The molecular formula is C21H18N4O3. The molecule has 7 heteroatoms. The van der Waals surface area contributed by atoms with Gasteiger partial charge < -0.3 is 10.6 Å². The lowest BCUT2D eigenvalue weighted by Gasteiger charge is -2.11. The summed E-state index contributed by atoms with van der Waals surface area (Å²) in [6, 6.07) is 13.6. The van der Waals surface area contributed by atoms with E-state index in [-0.39, 0.29) is 30.5 Å². The summed E-state index contributed by atoms with van der Waals surface area (Å²) in [5.41, 5.74) is 1.33. The molecule has 2 N–H and O–H groups in total. The second-order valence-corrected chi connectivity index (χ2v) is 6.10. The van der Waals surface area contributed by atoms with E-state index in [1.807, 2.05) is 0 Å². The van der Waals surface area contributed by atoms with Crippen molar-refractivity contribution < 1.29 is 9.59 Å². The van der Waals surface area contributed by atoms with Gasteiger partial charge in [-0.1, -0.05) is 24.1 Å². The van der Waals surface area contributed by atoms with E-state index >= 15 is 0 Å². The number of amides is 2. The van der Waals surface area contributed by atoms with E-state index in [4.69, 9.17) is 6.42 Å². The number of rotatable bonds is 5. The Morgan fingerprint density at radius 3 is 2.43 bits per heavy atom. The van der Waals surface area contributed by atoms with Gasteiger partial charge in [0.15, 0.2) is 0 Å². The summed E-state index contributed by atoms with van der Waals surface area (Å²) >= 11 is 0. The van der Waals surface area contributed by atoms with Crippen molar-refractivity contribution in [2.45, 2.75) is 20.0 Å². The van der Waals surface area contributed by atoms with Crippen LogP contribution in [0.25, 0.3) is 10.8 Å². The molecule has 1 heterocycles. The number of aromatic nitrogens is 2. The number of nitrogens with zero attached hydrogens (tertiary/aromatic N) is 2. The molecule has 3 aromatic rings. The van der Waals surface area contributed by atoms with Gasteiger partial charge in [0, 0.05) is 23.6 Å². The number of benzene rings is 2. The smallest absolute Gasteiger partial charge is 0.275 e. The topological polar surface area (TPSA) is 93.1 Å². The van der Waals surface area contributed by atoms with E-state index in [2.05, 4.69) is 21.7 Å². The average Bonchev–Trinajstić information content (AvgIpc) is 2.69. The molecule has 3 rings (SSSR count). The monoisotopic (exact) mass is 374 g/mol. The van der Waals surface area contributed by atoms with Crippen LogP contribution in [0.15, 0.2) is 53.3 Å². The van der Waals surface area contributed by atoms with Gasteiger partial charge >= 0.3 is 0 Å². The first kappa shape index (κ1) is 18.9. The lowest BCUT2D eigenvalue weighted by atomic mass is 10.1. The Morgan fingerprint density at radius 1 is 1.11 bits per heavy atom. The molecule has 0 aliphatic heterocycles. The molecule has 28 heavy (non-hydrogen) atoms. The molecular weight excluding hydrogens is 356 g/mol. The van der Waals surface area contributed by atoms with Gasteiger partial charge in [0.1, 0.15) is 6.54 Å². The summed E-state index contributed by atoms with van der Waals surface area (Å²) in [6.45, 7) is 1.60. The largest absolute Gasteiger partial charge is 0.346 e. The van der Waals surface area contributed by atoms with E-state index in [0.29, 0.717) is 27.7 Å². The Morgan fingerprint density at radius 2 is 1.79 bits per heavy atom. The summed E-state index contributed by atoms with van der Waals surface area (Å²) < 4.78 is 1.21. The number of terminal acetylenes is 1. The van der Waals surface area contributed by atoms with Gasteiger partial charge in [-0.15, -0.1) is 6.42 Å². The van der Waals surface area contributed by atoms with Crippen molar-refractivity contribution in [3.8, 4) is 12.3 Å².